The van der Waals surface area contributed by atoms with E-state index in [2.05, 4.69) is 22.3 Å². The molecular weight excluding hydrogens is 251 g/mol. The molecule has 88 valence electrons. The average Bonchev–Trinajstić information content (AvgIpc) is 2.22. The lowest BCUT2D eigenvalue weighted by Gasteiger charge is -2.11. The SMILES string of the molecule is CCS(=O)(=O)Nc1ccc(F)cc1NC=S. The van der Waals surface area contributed by atoms with Crippen LogP contribution in [0.3, 0.4) is 0 Å². The van der Waals surface area contributed by atoms with Crippen LogP contribution in [0.1, 0.15) is 6.92 Å². The summed E-state index contributed by atoms with van der Waals surface area (Å²) in [6.07, 6.45) is 0. The first-order valence-electron chi connectivity index (χ1n) is 4.48. The summed E-state index contributed by atoms with van der Waals surface area (Å²) in [5, 5.41) is 2.59. The molecule has 0 unspecified atom stereocenters. The number of halogens is 1. The number of nitrogens with one attached hydrogen (secondary N) is 2. The third-order valence-electron chi connectivity index (χ3n) is 1.84. The summed E-state index contributed by atoms with van der Waals surface area (Å²) in [5.41, 5.74) is 1.73. The molecule has 0 radical (unpaired) electrons. The Balaban J connectivity index is 3.08. The molecule has 1 aromatic rings. The van der Waals surface area contributed by atoms with Crippen LogP contribution in [-0.4, -0.2) is 19.7 Å². The molecule has 0 aliphatic heterocycles. The first-order chi connectivity index (χ1) is 7.48. The highest BCUT2D eigenvalue weighted by molar-refractivity contribution is 7.92. The van der Waals surface area contributed by atoms with Crippen LogP contribution in [0.5, 0.6) is 0 Å². The molecule has 7 heteroatoms. The van der Waals surface area contributed by atoms with Gasteiger partial charge in [-0.05, 0) is 25.1 Å². The second-order valence-corrected chi connectivity index (χ2v) is 5.20. The van der Waals surface area contributed by atoms with E-state index in [9.17, 15) is 12.8 Å². The Kier molecular flexibility index (Phi) is 4.19. The van der Waals surface area contributed by atoms with E-state index in [4.69, 9.17) is 0 Å². The van der Waals surface area contributed by atoms with Crippen molar-refractivity contribution in [2.75, 3.05) is 15.8 Å². The van der Waals surface area contributed by atoms with Crippen LogP contribution in [0.25, 0.3) is 0 Å². The molecule has 1 rings (SSSR count). The van der Waals surface area contributed by atoms with Gasteiger partial charge in [0.25, 0.3) is 0 Å². The van der Waals surface area contributed by atoms with Crippen molar-refractivity contribution in [3.8, 4) is 0 Å². The third-order valence-corrected chi connectivity index (χ3v) is 3.25. The molecule has 0 aliphatic carbocycles. The molecule has 0 heterocycles. The van der Waals surface area contributed by atoms with E-state index >= 15 is 0 Å². The maximum atomic E-state index is 12.9. The number of thiocarbonyl (C=S) groups is 1. The minimum atomic E-state index is -3.39. The van der Waals surface area contributed by atoms with Crippen molar-refractivity contribution in [2.45, 2.75) is 6.92 Å². The predicted molar refractivity (Wildman–Crippen MR) is 66.8 cm³/mol. The molecule has 0 fully saturated rings. The van der Waals surface area contributed by atoms with E-state index in [1.54, 1.807) is 0 Å². The van der Waals surface area contributed by atoms with Gasteiger partial charge in [0.2, 0.25) is 10.0 Å². The van der Waals surface area contributed by atoms with Crippen molar-refractivity contribution in [1.29, 1.82) is 0 Å². The number of hydrogen-bond acceptors (Lipinski definition) is 3. The Hall–Kier alpha value is -1.21. The fraction of sp³-hybridized carbons (Fsp3) is 0.222. The zero-order valence-electron chi connectivity index (χ0n) is 8.53. The summed E-state index contributed by atoms with van der Waals surface area (Å²) in [6, 6.07) is 3.67. The van der Waals surface area contributed by atoms with Crippen molar-refractivity contribution in [3.05, 3.63) is 24.0 Å². The van der Waals surface area contributed by atoms with Crippen LogP contribution in [0, 0.1) is 5.82 Å². The van der Waals surface area contributed by atoms with E-state index in [1.165, 1.54) is 24.5 Å². The van der Waals surface area contributed by atoms with Gasteiger partial charge >= 0.3 is 0 Å². The van der Waals surface area contributed by atoms with Crippen LogP contribution in [0.15, 0.2) is 18.2 Å². The quantitative estimate of drug-likeness (QED) is 0.796. The predicted octanol–water partition coefficient (Wildman–Crippen LogP) is 1.96. The highest BCUT2D eigenvalue weighted by Crippen LogP contribution is 2.23. The normalized spacial score (nSPS) is 10.9. The largest absolute Gasteiger partial charge is 0.351 e. The van der Waals surface area contributed by atoms with Crippen LogP contribution >= 0.6 is 12.2 Å². The summed E-state index contributed by atoms with van der Waals surface area (Å²) >= 11 is 4.57. The lowest BCUT2D eigenvalue weighted by molar-refractivity contribution is 0.602. The minimum absolute atomic E-state index is 0.0542. The van der Waals surface area contributed by atoms with E-state index in [1.807, 2.05) is 0 Å². The Bertz CT molecular complexity index is 488. The number of sulfonamides is 1. The zero-order chi connectivity index (χ0) is 12.2. The van der Waals surface area contributed by atoms with E-state index < -0.39 is 15.8 Å². The van der Waals surface area contributed by atoms with Crippen molar-refractivity contribution < 1.29 is 12.8 Å². The van der Waals surface area contributed by atoms with Gasteiger partial charge in [0, 0.05) is 0 Å². The van der Waals surface area contributed by atoms with Crippen molar-refractivity contribution >= 4 is 39.1 Å². The first kappa shape index (κ1) is 12.9. The van der Waals surface area contributed by atoms with Crippen LogP contribution in [-0.2, 0) is 10.0 Å². The number of rotatable bonds is 5. The molecule has 0 bridgehead atoms. The Morgan fingerprint density at radius 1 is 1.44 bits per heavy atom. The third kappa shape index (κ3) is 3.42. The Labute approximate surface area is 98.9 Å². The highest BCUT2D eigenvalue weighted by atomic mass is 32.2. The van der Waals surface area contributed by atoms with Gasteiger partial charge in [0.1, 0.15) is 5.82 Å². The minimum Gasteiger partial charge on any atom is -0.351 e. The molecule has 1 aromatic carbocycles. The number of anilines is 2. The molecule has 0 saturated heterocycles. The maximum absolute atomic E-state index is 12.9. The second kappa shape index (κ2) is 5.22. The van der Waals surface area contributed by atoms with Gasteiger partial charge < -0.3 is 5.32 Å². The molecule has 0 amide bonds. The average molecular weight is 262 g/mol. The van der Waals surface area contributed by atoms with E-state index in [-0.39, 0.29) is 17.1 Å². The zero-order valence-corrected chi connectivity index (χ0v) is 10.2. The topological polar surface area (TPSA) is 58.2 Å². The fourth-order valence-electron chi connectivity index (χ4n) is 1.03. The molecule has 0 spiro atoms. The lowest BCUT2D eigenvalue weighted by atomic mass is 10.2. The highest BCUT2D eigenvalue weighted by Gasteiger charge is 2.10. The fourth-order valence-corrected chi connectivity index (χ4v) is 1.81. The molecular formula is C9H11FN2O2S2. The van der Waals surface area contributed by atoms with Gasteiger partial charge in [0.15, 0.2) is 0 Å². The standard InChI is InChI=1S/C9H11FN2O2S2/c1-2-16(13,14)12-8-4-3-7(10)5-9(8)11-6-15/h3-6,12H,2H2,1H3,(H,11,15). The number of benzene rings is 1. The maximum Gasteiger partial charge on any atom is 0.232 e. The molecule has 2 N–H and O–H groups in total. The van der Waals surface area contributed by atoms with Crippen LogP contribution < -0.4 is 10.0 Å². The van der Waals surface area contributed by atoms with E-state index in [0.29, 0.717) is 0 Å². The monoisotopic (exact) mass is 262 g/mol. The van der Waals surface area contributed by atoms with Gasteiger partial charge in [0.05, 0.1) is 22.6 Å². The Morgan fingerprint density at radius 2 is 2.12 bits per heavy atom. The molecule has 0 atom stereocenters. The second-order valence-electron chi connectivity index (χ2n) is 2.96. The van der Waals surface area contributed by atoms with Crippen molar-refractivity contribution in [2.24, 2.45) is 0 Å². The summed E-state index contributed by atoms with van der Waals surface area (Å²) in [5.74, 6) is -0.527. The molecule has 4 nitrogen and oxygen atoms in total. The molecule has 16 heavy (non-hydrogen) atoms. The summed E-state index contributed by atoms with van der Waals surface area (Å²) < 4.78 is 37.9. The molecule has 0 saturated carbocycles. The summed E-state index contributed by atoms with van der Waals surface area (Å²) in [6.45, 7) is 1.51. The first-order valence-corrected chi connectivity index (χ1v) is 6.61. The Morgan fingerprint density at radius 3 is 2.69 bits per heavy atom. The van der Waals surface area contributed by atoms with Gasteiger partial charge in [-0.3, -0.25) is 4.72 Å². The van der Waals surface area contributed by atoms with Crippen LogP contribution in [0.2, 0.25) is 0 Å². The summed E-state index contributed by atoms with van der Waals surface area (Å²) in [7, 11) is -3.39. The smallest absolute Gasteiger partial charge is 0.232 e. The summed E-state index contributed by atoms with van der Waals surface area (Å²) in [4.78, 5) is 0. The molecule has 0 aliphatic rings. The van der Waals surface area contributed by atoms with Gasteiger partial charge in [-0.15, -0.1) is 0 Å². The van der Waals surface area contributed by atoms with Crippen LogP contribution in [0.4, 0.5) is 15.8 Å². The van der Waals surface area contributed by atoms with Crippen molar-refractivity contribution in [1.82, 2.24) is 0 Å². The van der Waals surface area contributed by atoms with Gasteiger partial charge in [-0.1, -0.05) is 12.2 Å². The van der Waals surface area contributed by atoms with E-state index in [0.717, 1.165) is 6.07 Å². The van der Waals surface area contributed by atoms with Crippen molar-refractivity contribution in [3.63, 3.8) is 0 Å². The van der Waals surface area contributed by atoms with Gasteiger partial charge in [-0.2, -0.15) is 0 Å². The number of hydrogen-bond donors (Lipinski definition) is 2. The molecule has 0 aromatic heterocycles. The lowest BCUT2D eigenvalue weighted by Crippen LogP contribution is -2.15. The van der Waals surface area contributed by atoms with Gasteiger partial charge in [-0.25, -0.2) is 12.8 Å².